The number of nitrogens with zero attached hydrogens (tertiary/aromatic N) is 1. The highest BCUT2D eigenvalue weighted by Crippen LogP contribution is 2.17. The Morgan fingerprint density at radius 3 is 2.86 bits per heavy atom. The Morgan fingerprint density at radius 1 is 1.38 bits per heavy atom. The molecule has 116 valence electrons. The number of amides is 1. The molecule has 0 saturated carbocycles. The fraction of sp³-hybridized carbons (Fsp3) is 0.588. The molecule has 0 radical (unpaired) electrons. The van der Waals surface area contributed by atoms with E-state index in [2.05, 4.69) is 18.3 Å². The summed E-state index contributed by atoms with van der Waals surface area (Å²) >= 11 is 0. The predicted octanol–water partition coefficient (Wildman–Crippen LogP) is 2.58. The van der Waals surface area contributed by atoms with E-state index in [-0.39, 0.29) is 5.91 Å². The molecule has 1 unspecified atom stereocenters. The van der Waals surface area contributed by atoms with Crippen LogP contribution in [0.3, 0.4) is 0 Å². The first-order valence-electron chi connectivity index (χ1n) is 7.96. The number of hydrogen-bond donors (Lipinski definition) is 1. The molecule has 1 aromatic carbocycles. The predicted molar refractivity (Wildman–Crippen MR) is 84.3 cm³/mol. The maximum Gasteiger partial charge on any atom is 0.263 e. The normalized spacial score (nSPS) is 16.0. The van der Waals surface area contributed by atoms with E-state index in [1.807, 2.05) is 30.0 Å². The molecule has 21 heavy (non-hydrogen) atoms. The third-order valence-corrected chi connectivity index (χ3v) is 3.73. The van der Waals surface area contributed by atoms with Crippen LogP contribution in [-0.2, 0) is 11.3 Å². The molecule has 1 N–H and O–H groups in total. The Hall–Kier alpha value is -1.55. The molecule has 0 aliphatic carbocycles. The van der Waals surface area contributed by atoms with E-state index < -0.39 is 6.10 Å². The van der Waals surface area contributed by atoms with Gasteiger partial charge in [-0.2, -0.15) is 0 Å². The molecule has 1 fully saturated rings. The zero-order valence-corrected chi connectivity index (χ0v) is 13.1. The molecule has 0 spiro atoms. The first-order valence-corrected chi connectivity index (χ1v) is 7.96. The van der Waals surface area contributed by atoms with E-state index in [1.54, 1.807) is 0 Å². The molecule has 1 aliphatic rings. The summed E-state index contributed by atoms with van der Waals surface area (Å²) in [5.41, 5.74) is 1.18. The van der Waals surface area contributed by atoms with Crippen molar-refractivity contribution in [1.29, 1.82) is 0 Å². The molecule has 0 aromatic heterocycles. The highest BCUT2D eigenvalue weighted by atomic mass is 16.5. The average Bonchev–Trinajstić information content (AvgIpc) is 3.01. The maximum atomic E-state index is 12.2. The highest BCUT2D eigenvalue weighted by Gasteiger charge is 2.24. The van der Waals surface area contributed by atoms with Gasteiger partial charge in [-0.25, -0.2) is 0 Å². The lowest BCUT2D eigenvalue weighted by Gasteiger charge is -2.21. The van der Waals surface area contributed by atoms with Crippen LogP contribution in [0.2, 0.25) is 0 Å². The summed E-state index contributed by atoms with van der Waals surface area (Å²) in [6, 6.07) is 7.97. The lowest BCUT2D eigenvalue weighted by Crippen LogP contribution is -2.38. The van der Waals surface area contributed by atoms with Gasteiger partial charge >= 0.3 is 0 Å². The minimum absolute atomic E-state index is 0.0991. The molecule has 1 saturated heterocycles. The Morgan fingerprint density at radius 2 is 2.14 bits per heavy atom. The molecule has 1 amide bonds. The van der Waals surface area contributed by atoms with Gasteiger partial charge in [0.25, 0.3) is 5.91 Å². The smallest absolute Gasteiger partial charge is 0.263 e. The SMILES string of the molecule is CCCNCc1cccc(OC(C)C(=O)N2CCCC2)c1. The number of carbonyl (C=O) groups excluding carboxylic acids is 1. The fourth-order valence-electron chi connectivity index (χ4n) is 2.59. The topological polar surface area (TPSA) is 41.6 Å². The van der Waals surface area contributed by atoms with Crippen molar-refractivity contribution in [1.82, 2.24) is 10.2 Å². The first kappa shape index (κ1) is 15.8. The van der Waals surface area contributed by atoms with Gasteiger partial charge in [0.05, 0.1) is 0 Å². The summed E-state index contributed by atoms with van der Waals surface area (Å²) in [4.78, 5) is 14.1. The number of ether oxygens (including phenoxy) is 1. The van der Waals surface area contributed by atoms with Crippen molar-refractivity contribution in [2.45, 2.75) is 45.8 Å². The molecule has 2 rings (SSSR count). The van der Waals surface area contributed by atoms with Crippen LogP contribution >= 0.6 is 0 Å². The lowest BCUT2D eigenvalue weighted by molar-refractivity contribution is -0.136. The maximum absolute atomic E-state index is 12.2. The molecule has 0 bridgehead atoms. The third-order valence-electron chi connectivity index (χ3n) is 3.73. The monoisotopic (exact) mass is 290 g/mol. The van der Waals surface area contributed by atoms with E-state index in [0.29, 0.717) is 0 Å². The number of benzene rings is 1. The molecule has 1 heterocycles. The third kappa shape index (κ3) is 4.74. The van der Waals surface area contributed by atoms with Crippen molar-refractivity contribution in [3.63, 3.8) is 0 Å². The molecular formula is C17H26N2O2. The second-order valence-corrected chi connectivity index (χ2v) is 5.62. The summed E-state index contributed by atoms with van der Waals surface area (Å²) in [5.74, 6) is 0.868. The number of carbonyl (C=O) groups is 1. The second-order valence-electron chi connectivity index (χ2n) is 5.62. The summed E-state index contributed by atoms with van der Waals surface area (Å²) in [6.45, 7) is 7.57. The van der Waals surface area contributed by atoms with Crippen molar-refractivity contribution < 1.29 is 9.53 Å². The quantitative estimate of drug-likeness (QED) is 0.785. The largest absolute Gasteiger partial charge is 0.481 e. The van der Waals surface area contributed by atoms with Crippen LogP contribution in [0.5, 0.6) is 5.75 Å². The van der Waals surface area contributed by atoms with E-state index in [1.165, 1.54) is 5.56 Å². The van der Waals surface area contributed by atoms with E-state index in [9.17, 15) is 4.79 Å². The Kier molecular flexibility index (Phi) is 6.05. The van der Waals surface area contributed by atoms with Crippen LogP contribution in [0.15, 0.2) is 24.3 Å². The van der Waals surface area contributed by atoms with Crippen LogP contribution in [0.25, 0.3) is 0 Å². The fourth-order valence-corrected chi connectivity index (χ4v) is 2.59. The van der Waals surface area contributed by atoms with Crippen LogP contribution in [0, 0.1) is 0 Å². The van der Waals surface area contributed by atoms with Gasteiger partial charge in [0.2, 0.25) is 0 Å². The first-order chi connectivity index (χ1) is 10.2. The number of hydrogen-bond acceptors (Lipinski definition) is 3. The summed E-state index contributed by atoms with van der Waals surface area (Å²) < 4.78 is 5.82. The second kappa shape index (κ2) is 8.03. The average molecular weight is 290 g/mol. The molecule has 4 heteroatoms. The minimum atomic E-state index is -0.415. The molecule has 1 aromatic rings. The van der Waals surface area contributed by atoms with Crippen LogP contribution in [0.4, 0.5) is 0 Å². The van der Waals surface area contributed by atoms with E-state index in [0.717, 1.165) is 51.2 Å². The molecule has 4 nitrogen and oxygen atoms in total. The highest BCUT2D eigenvalue weighted by molar-refractivity contribution is 5.81. The van der Waals surface area contributed by atoms with E-state index in [4.69, 9.17) is 4.74 Å². The van der Waals surface area contributed by atoms with Crippen molar-refractivity contribution in [2.24, 2.45) is 0 Å². The molecule has 1 atom stereocenters. The van der Waals surface area contributed by atoms with Crippen LogP contribution < -0.4 is 10.1 Å². The van der Waals surface area contributed by atoms with Gasteiger partial charge in [-0.1, -0.05) is 19.1 Å². The summed E-state index contributed by atoms with van der Waals surface area (Å²) in [5, 5.41) is 3.37. The summed E-state index contributed by atoms with van der Waals surface area (Å²) in [6.07, 6.45) is 2.92. The van der Waals surface area contributed by atoms with Crippen molar-refractivity contribution in [3.05, 3.63) is 29.8 Å². The van der Waals surface area contributed by atoms with Gasteiger partial charge in [0.1, 0.15) is 5.75 Å². The van der Waals surface area contributed by atoms with Crippen molar-refractivity contribution in [2.75, 3.05) is 19.6 Å². The lowest BCUT2D eigenvalue weighted by atomic mass is 10.2. The Balaban J connectivity index is 1.89. The zero-order chi connectivity index (χ0) is 15.1. The van der Waals surface area contributed by atoms with Gasteiger partial charge in [-0.15, -0.1) is 0 Å². The summed E-state index contributed by atoms with van der Waals surface area (Å²) in [7, 11) is 0. The van der Waals surface area contributed by atoms with E-state index >= 15 is 0 Å². The Bertz CT molecular complexity index is 456. The van der Waals surface area contributed by atoms with Gasteiger partial charge < -0.3 is 15.0 Å². The van der Waals surface area contributed by atoms with Crippen LogP contribution in [-0.4, -0.2) is 36.5 Å². The van der Waals surface area contributed by atoms with Crippen molar-refractivity contribution in [3.8, 4) is 5.75 Å². The number of rotatable bonds is 7. The molecule has 1 aliphatic heterocycles. The van der Waals surface area contributed by atoms with Gasteiger partial charge in [0, 0.05) is 19.6 Å². The van der Waals surface area contributed by atoms with Gasteiger partial charge in [-0.3, -0.25) is 4.79 Å². The number of nitrogens with one attached hydrogen (secondary N) is 1. The number of likely N-dealkylation sites (tertiary alicyclic amines) is 1. The zero-order valence-electron chi connectivity index (χ0n) is 13.1. The molecular weight excluding hydrogens is 264 g/mol. The Labute approximate surface area is 127 Å². The van der Waals surface area contributed by atoms with Crippen molar-refractivity contribution >= 4 is 5.91 Å². The standard InChI is InChI=1S/C17H26N2O2/c1-3-9-18-13-15-7-6-8-16(12-15)21-14(2)17(20)19-10-4-5-11-19/h6-8,12,14,18H,3-5,9-11,13H2,1-2H3. The minimum Gasteiger partial charge on any atom is -0.481 e. The van der Waals surface area contributed by atoms with Gasteiger partial charge in [-0.05, 0) is 50.4 Å². The van der Waals surface area contributed by atoms with Crippen LogP contribution in [0.1, 0.15) is 38.7 Å². The van der Waals surface area contributed by atoms with Gasteiger partial charge in [0.15, 0.2) is 6.10 Å².